The van der Waals surface area contributed by atoms with Crippen LogP contribution >= 0.6 is 15.9 Å². The minimum absolute atomic E-state index is 0.0789. The smallest absolute Gasteiger partial charge is 0.241 e. The van der Waals surface area contributed by atoms with Crippen molar-refractivity contribution in [1.82, 2.24) is 4.72 Å². The number of hydrogen-bond acceptors (Lipinski definition) is 3. The monoisotopic (exact) mass is 335 g/mol. The Bertz CT molecular complexity index is 526. The molecule has 0 unspecified atom stereocenters. The number of aryl methyl sites for hydroxylation is 1. The molecule has 0 aliphatic heterocycles. The average molecular weight is 336 g/mol. The van der Waals surface area contributed by atoms with Gasteiger partial charge in [0.15, 0.2) is 0 Å². The van der Waals surface area contributed by atoms with E-state index in [1.54, 1.807) is 26.0 Å². The van der Waals surface area contributed by atoms with Crippen molar-refractivity contribution in [2.75, 3.05) is 13.2 Å². The molecule has 0 aromatic heterocycles. The Balaban J connectivity index is 2.97. The zero-order chi connectivity index (χ0) is 14.0. The van der Waals surface area contributed by atoms with Crippen LogP contribution in [0.3, 0.4) is 0 Å². The molecule has 102 valence electrons. The molecule has 0 atom stereocenters. The van der Waals surface area contributed by atoms with E-state index in [1.165, 1.54) is 0 Å². The van der Waals surface area contributed by atoms with E-state index in [4.69, 9.17) is 5.11 Å². The molecule has 0 aliphatic carbocycles. The molecule has 0 radical (unpaired) electrons. The number of halogens is 1. The summed E-state index contributed by atoms with van der Waals surface area (Å²) in [5.41, 5.74) is 0.392. The van der Waals surface area contributed by atoms with E-state index in [9.17, 15) is 8.42 Å². The van der Waals surface area contributed by atoms with Crippen LogP contribution in [0.1, 0.15) is 19.4 Å². The van der Waals surface area contributed by atoms with Crippen LogP contribution in [0.4, 0.5) is 0 Å². The topological polar surface area (TPSA) is 66.4 Å². The first-order chi connectivity index (χ1) is 8.18. The molecule has 0 saturated carbocycles. The van der Waals surface area contributed by atoms with Crippen molar-refractivity contribution < 1.29 is 13.5 Å². The quantitative estimate of drug-likeness (QED) is 0.865. The van der Waals surface area contributed by atoms with Crippen molar-refractivity contribution in [3.8, 4) is 0 Å². The van der Waals surface area contributed by atoms with Gasteiger partial charge in [0.25, 0.3) is 0 Å². The molecule has 1 aromatic carbocycles. The van der Waals surface area contributed by atoms with E-state index >= 15 is 0 Å². The first kappa shape index (κ1) is 15.6. The van der Waals surface area contributed by atoms with Crippen molar-refractivity contribution in [2.45, 2.75) is 25.7 Å². The second kappa shape index (κ2) is 5.69. The summed E-state index contributed by atoms with van der Waals surface area (Å²) in [6.07, 6.45) is 0. The summed E-state index contributed by atoms with van der Waals surface area (Å²) in [6, 6.07) is 5.15. The second-order valence-corrected chi connectivity index (χ2v) is 7.67. The SMILES string of the molecule is Cc1ccc(Br)c(S(=O)(=O)NCC(C)(C)CO)c1. The summed E-state index contributed by atoms with van der Waals surface area (Å²) in [5, 5.41) is 9.12. The first-order valence-electron chi connectivity index (χ1n) is 5.55. The van der Waals surface area contributed by atoms with Crippen molar-refractivity contribution in [1.29, 1.82) is 0 Å². The summed E-state index contributed by atoms with van der Waals surface area (Å²) in [5.74, 6) is 0. The molecule has 1 rings (SSSR count). The summed E-state index contributed by atoms with van der Waals surface area (Å²) < 4.78 is 27.3. The fraction of sp³-hybridized carbons (Fsp3) is 0.500. The van der Waals surface area contributed by atoms with Crippen molar-refractivity contribution in [3.05, 3.63) is 28.2 Å². The van der Waals surface area contributed by atoms with Gasteiger partial charge in [0.05, 0.1) is 4.90 Å². The lowest BCUT2D eigenvalue weighted by atomic mass is 9.96. The predicted molar refractivity (Wildman–Crippen MR) is 74.9 cm³/mol. The standard InChI is InChI=1S/C12H18BrNO3S/c1-9-4-5-10(13)11(6-9)18(16,17)14-7-12(2,3)8-15/h4-6,14-15H,7-8H2,1-3H3. The third kappa shape index (κ3) is 4.05. The van der Waals surface area contributed by atoms with Crippen molar-refractivity contribution in [2.24, 2.45) is 5.41 Å². The third-order valence-corrected chi connectivity index (χ3v) is 4.94. The van der Waals surface area contributed by atoms with Crippen LogP contribution in [-0.2, 0) is 10.0 Å². The van der Waals surface area contributed by atoms with E-state index in [-0.39, 0.29) is 18.0 Å². The lowest BCUT2D eigenvalue weighted by Crippen LogP contribution is -2.36. The van der Waals surface area contributed by atoms with E-state index in [0.717, 1.165) is 5.56 Å². The highest BCUT2D eigenvalue weighted by Crippen LogP contribution is 2.23. The van der Waals surface area contributed by atoms with Crippen LogP contribution in [-0.4, -0.2) is 26.7 Å². The molecule has 6 heteroatoms. The Morgan fingerprint density at radius 1 is 1.39 bits per heavy atom. The maximum Gasteiger partial charge on any atom is 0.241 e. The van der Waals surface area contributed by atoms with E-state index < -0.39 is 15.4 Å². The van der Waals surface area contributed by atoms with Gasteiger partial charge in [-0.3, -0.25) is 0 Å². The molecule has 0 heterocycles. The van der Waals surface area contributed by atoms with Crippen LogP contribution in [0.2, 0.25) is 0 Å². The van der Waals surface area contributed by atoms with Gasteiger partial charge >= 0.3 is 0 Å². The summed E-state index contributed by atoms with van der Waals surface area (Å²) in [6.45, 7) is 5.53. The number of sulfonamides is 1. The molecule has 4 nitrogen and oxygen atoms in total. The average Bonchev–Trinajstić information content (AvgIpc) is 2.30. The molecule has 0 spiro atoms. The number of hydrogen-bond donors (Lipinski definition) is 2. The summed E-state index contributed by atoms with van der Waals surface area (Å²) in [7, 11) is -3.56. The van der Waals surface area contributed by atoms with E-state index in [1.807, 2.05) is 13.0 Å². The number of rotatable bonds is 5. The summed E-state index contributed by atoms with van der Waals surface area (Å²) >= 11 is 3.24. The largest absolute Gasteiger partial charge is 0.396 e. The van der Waals surface area contributed by atoms with E-state index in [2.05, 4.69) is 20.7 Å². The van der Waals surface area contributed by atoms with Gasteiger partial charge in [-0.25, -0.2) is 13.1 Å². The molecule has 0 aliphatic rings. The zero-order valence-electron chi connectivity index (χ0n) is 10.7. The number of benzene rings is 1. The Morgan fingerprint density at radius 2 is 2.00 bits per heavy atom. The van der Waals surface area contributed by atoms with Gasteiger partial charge in [0, 0.05) is 23.0 Å². The van der Waals surface area contributed by atoms with Crippen LogP contribution in [0.15, 0.2) is 27.6 Å². The maximum atomic E-state index is 12.1. The van der Waals surface area contributed by atoms with Crippen LogP contribution in [0.25, 0.3) is 0 Å². The molecular weight excluding hydrogens is 318 g/mol. The number of aliphatic hydroxyl groups excluding tert-OH is 1. The van der Waals surface area contributed by atoms with Gasteiger partial charge in [-0.15, -0.1) is 0 Å². The predicted octanol–water partition coefficient (Wildman–Crippen LogP) is 2.05. The van der Waals surface area contributed by atoms with Gasteiger partial charge in [-0.1, -0.05) is 19.9 Å². The molecule has 0 saturated heterocycles. The van der Waals surface area contributed by atoms with E-state index in [0.29, 0.717) is 4.47 Å². The molecule has 1 aromatic rings. The van der Waals surface area contributed by atoms with Crippen LogP contribution < -0.4 is 4.72 Å². The summed E-state index contributed by atoms with van der Waals surface area (Å²) in [4.78, 5) is 0.219. The third-order valence-electron chi connectivity index (χ3n) is 2.54. The molecular formula is C12H18BrNO3S. The normalized spacial score (nSPS) is 12.7. The number of aliphatic hydroxyl groups is 1. The number of nitrogens with one attached hydrogen (secondary N) is 1. The van der Waals surface area contributed by atoms with Crippen molar-refractivity contribution >= 4 is 26.0 Å². The Labute approximate surface area is 117 Å². The molecule has 0 amide bonds. The van der Waals surface area contributed by atoms with Gasteiger partial charge in [0.1, 0.15) is 0 Å². The zero-order valence-corrected chi connectivity index (χ0v) is 13.1. The maximum absolute atomic E-state index is 12.1. The minimum atomic E-state index is -3.56. The highest BCUT2D eigenvalue weighted by molar-refractivity contribution is 9.10. The lowest BCUT2D eigenvalue weighted by Gasteiger charge is -2.22. The highest BCUT2D eigenvalue weighted by atomic mass is 79.9. The first-order valence-corrected chi connectivity index (χ1v) is 7.82. The lowest BCUT2D eigenvalue weighted by molar-refractivity contribution is 0.163. The van der Waals surface area contributed by atoms with Gasteiger partial charge in [-0.2, -0.15) is 0 Å². The second-order valence-electron chi connectivity index (χ2n) is 5.08. The van der Waals surface area contributed by atoms with Crippen LogP contribution in [0, 0.1) is 12.3 Å². The molecule has 2 N–H and O–H groups in total. The molecule has 0 fully saturated rings. The minimum Gasteiger partial charge on any atom is -0.396 e. The van der Waals surface area contributed by atoms with Crippen molar-refractivity contribution in [3.63, 3.8) is 0 Å². The van der Waals surface area contributed by atoms with Gasteiger partial charge < -0.3 is 5.11 Å². The Kier molecular flexibility index (Phi) is 4.94. The van der Waals surface area contributed by atoms with Gasteiger partial charge in [-0.05, 0) is 40.5 Å². The fourth-order valence-corrected chi connectivity index (χ4v) is 3.53. The van der Waals surface area contributed by atoms with Crippen LogP contribution in [0.5, 0.6) is 0 Å². The molecule has 18 heavy (non-hydrogen) atoms. The highest BCUT2D eigenvalue weighted by Gasteiger charge is 2.23. The van der Waals surface area contributed by atoms with Gasteiger partial charge in [0.2, 0.25) is 10.0 Å². The fourth-order valence-electron chi connectivity index (χ4n) is 1.24. The molecule has 0 bridgehead atoms. The Hall–Kier alpha value is -0.430. The Morgan fingerprint density at radius 3 is 2.56 bits per heavy atom.